The molecule has 0 aromatic carbocycles. The highest BCUT2D eigenvalue weighted by Crippen LogP contribution is 2.04. The third-order valence-electron chi connectivity index (χ3n) is 3.10. The number of nitrogens with one attached hydrogen (secondary N) is 2. The number of amides is 3. The number of urea groups is 1. The minimum atomic E-state index is -1.18. The molecular weight excluding hydrogens is 274 g/mol. The lowest BCUT2D eigenvalue weighted by molar-refractivity contribution is -0.139. The summed E-state index contributed by atoms with van der Waals surface area (Å²) in [7, 11) is 0. The average molecular weight is 301 g/mol. The highest BCUT2D eigenvalue weighted by atomic mass is 16.4. The molecule has 7 heteroatoms. The van der Waals surface area contributed by atoms with Gasteiger partial charge in [-0.1, -0.05) is 39.0 Å². The number of primary amides is 1. The minimum absolute atomic E-state index is 0.00486. The Morgan fingerprint density at radius 1 is 1.10 bits per heavy atom. The van der Waals surface area contributed by atoms with Gasteiger partial charge in [0.2, 0.25) is 5.91 Å². The number of carboxylic acid groups (broad SMARTS) is 1. The molecule has 7 nitrogen and oxygen atoms in total. The standard InChI is InChI=1S/C14H27N3O4/c1-2-3-4-5-6-7-10-16-14(21)17-11(13(19)20)8-9-12(15)18/h11H,2-10H2,1H3,(H2,15,18)(H,19,20)(H2,16,17,21)/t11-/m0/s1. The second-order valence-electron chi connectivity index (χ2n) is 5.06. The van der Waals surface area contributed by atoms with E-state index >= 15 is 0 Å². The van der Waals surface area contributed by atoms with E-state index in [4.69, 9.17) is 10.8 Å². The van der Waals surface area contributed by atoms with E-state index in [1.54, 1.807) is 0 Å². The number of carbonyl (C=O) groups excluding carboxylic acids is 2. The van der Waals surface area contributed by atoms with Crippen molar-refractivity contribution < 1.29 is 19.5 Å². The van der Waals surface area contributed by atoms with Crippen molar-refractivity contribution in [1.82, 2.24) is 10.6 Å². The van der Waals surface area contributed by atoms with Crippen LogP contribution < -0.4 is 16.4 Å². The third-order valence-corrected chi connectivity index (χ3v) is 3.10. The van der Waals surface area contributed by atoms with Gasteiger partial charge in [0.1, 0.15) is 6.04 Å². The molecule has 0 bridgehead atoms. The summed E-state index contributed by atoms with van der Waals surface area (Å²) >= 11 is 0. The number of carboxylic acids is 1. The van der Waals surface area contributed by atoms with Gasteiger partial charge in [0.15, 0.2) is 0 Å². The monoisotopic (exact) mass is 301 g/mol. The van der Waals surface area contributed by atoms with Crippen molar-refractivity contribution in [2.45, 2.75) is 64.3 Å². The average Bonchev–Trinajstić information content (AvgIpc) is 2.41. The predicted molar refractivity (Wildman–Crippen MR) is 79.8 cm³/mol. The summed E-state index contributed by atoms with van der Waals surface area (Å²) in [5.74, 6) is -1.76. The van der Waals surface area contributed by atoms with Crippen LogP contribution in [0.2, 0.25) is 0 Å². The van der Waals surface area contributed by atoms with Crippen molar-refractivity contribution in [2.24, 2.45) is 5.73 Å². The van der Waals surface area contributed by atoms with Crippen LogP contribution >= 0.6 is 0 Å². The van der Waals surface area contributed by atoms with Gasteiger partial charge in [0.25, 0.3) is 0 Å². The third kappa shape index (κ3) is 11.7. The topological polar surface area (TPSA) is 122 Å². The molecule has 0 fully saturated rings. The maximum Gasteiger partial charge on any atom is 0.326 e. The van der Waals surface area contributed by atoms with Gasteiger partial charge >= 0.3 is 12.0 Å². The van der Waals surface area contributed by atoms with E-state index in [-0.39, 0.29) is 12.8 Å². The molecule has 0 saturated heterocycles. The summed E-state index contributed by atoms with van der Waals surface area (Å²) in [5.41, 5.74) is 4.96. The Morgan fingerprint density at radius 3 is 2.29 bits per heavy atom. The molecule has 122 valence electrons. The van der Waals surface area contributed by atoms with Crippen LogP contribution in [0, 0.1) is 0 Å². The van der Waals surface area contributed by atoms with Gasteiger partial charge in [-0.3, -0.25) is 4.79 Å². The quantitative estimate of drug-likeness (QED) is 0.407. The summed E-state index contributed by atoms with van der Waals surface area (Å²) in [4.78, 5) is 33.1. The van der Waals surface area contributed by atoms with Gasteiger partial charge in [-0.05, 0) is 12.8 Å². The van der Waals surface area contributed by atoms with Crippen LogP contribution in [0.25, 0.3) is 0 Å². The SMILES string of the molecule is CCCCCCCCNC(=O)N[C@@H](CCC(N)=O)C(=O)O. The maximum atomic E-state index is 11.5. The first kappa shape index (κ1) is 19.2. The van der Waals surface area contributed by atoms with Crippen LogP contribution in [0.1, 0.15) is 58.3 Å². The van der Waals surface area contributed by atoms with Crippen molar-refractivity contribution in [3.63, 3.8) is 0 Å². The highest BCUT2D eigenvalue weighted by molar-refractivity contribution is 5.83. The molecule has 0 unspecified atom stereocenters. The summed E-state index contributed by atoms with van der Waals surface area (Å²) in [6.45, 7) is 2.67. The van der Waals surface area contributed by atoms with Crippen LogP contribution in [-0.4, -0.2) is 35.6 Å². The molecule has 0 aromatic rings. The molecule has 0 spiro atoms. The van der Waals surface area contributed by atoms with Crippen molar-refractivity contribution in [1.29, 1.82) is 0 Å². The molecule has 0 aliphatic rings. The number of hydrogen-bond acceptors (Lipinski definition) is 3. The van der Waals surface area contributed by atoms with Crippen LogP contribution in [-0.2, 0) is 9.59 Å². The van der Waals surface area contributed by atoms with Crippen LogP contribution in [0.3, 0.4) is 0 Å². The number of nitrogens with two attached hydrogens (primary N) is 1. The predicted octanol–water partition coefficient (Wildman–Crippen LogP) is 1.36. The van der Waals surface area contributed by atoms with E-state index in [0.717, 1.165) is 19.3 Å². The molecule has 3 amide bonds. The zero-order chi connectivity index (χ0) is 16.1. The molecule has 0 aromatic heterocycles. The van der Waals surface area contributed by atoms with E-state index in [0.29, 0.717) is 6.54 Å². The first-order valence-corrected chi connectivity index (χ1v) is 7.52. The molecule has 0 saturated carbocycles. The van der Waals surface area contributed by atoms with Crippen molar-refractivity contribution >= 4 is 17.9 Å². The molecule has 21 heavy (non-hydrogen) atoms. The fourth-order valence-corrected chi connectivity index (χ4v) is 1.86. The van der Waals surface area contributed by atoms with Gasteiger partial charge in [-0.25, -0.2) is 9.59 Å². The molecule has 1 atom stereocenters. The van der Waals surface area contributed by atoms with Crippen LogP contribution in [0.4, 0.5) is 4.79 Å². The number of hydrogen-bond donors (Lipinski definition) is 4. The first-order chi connectivity index (χ1) is 9.97. The van der Waals surface area contributed by atoms with E-state index in [1.807, 2.05) is 0 Å². The Bertz CT molecular complexity index is 334. The summed E-state index contributed by atoms with van der Waals surface area (Å²) < 4.78 is 0. The Balaban J connectivity index is 3.78. The second-order valence-corrected chi connectivity index (χ2v) is 5.06. The number of aliphatic carboxylic acids is 1. The molecule has 0 aliphatic heterocycles. The van der Waals surface area contributed by atoms with E-state index in [9.17, 15) is 14.4 Å². The van der Waals surface area contributed by atoms with Gasteiger partial charge in [0, 0.05) is 13.0 Å². The second kappa shape index (κ2) is 12.0. The Hall–Kier alpha value is -1.79. The normalized spacial score (nSPS) is 11.7. The molecule has 0 aliphatic carbocycles. The lowest BCUT2D eigenvalue weighted by atomic mass is 10.1. The zero-order valence-electron chi connectivity index (χ0n) is 12.7. The minimum Gasteiger partial charge on any atom is -0.480 e. The lowest BCUT2D eigenvalue weighted by Crippen LogP contribution is -2.46. The lowest BCUT2D eigenvalue weighted by Gasteiger charge is -2.14. The fourth-order valence-electron chi connectivity index (χ4n) is 1.86. The number of carbonyl (C=O) groups is 3. The Labute approximate surface area is 125 Å². The molecular formula is C14H27N3O4. The van der Waals surface area contributed by atoms with Gasteiger partial charge in [-0.2, -0.15) is 0 Å². The maximum absolute atomic E-state index is 11.5. The van der Waals surface area contributed by atoms with Crippen molar-refractivity contribution in [3.05, 3.63) is 0 Å². The number of rotatable bonds is 12. The largest absolute Gasteiger partial charge is 0.480 e. The Morgan fingerprint density at radius 2 is 1.71 bits per heavy atom. The van der Waals surface area contributed by atoms with Gasteiger partial charge in [-0.15, -0.1) is 0 Å². The van der Waals surface area contributed by atoms with Crippen molar-refractivity contribution in [2.75, 3.05) is 6.54 Å². The van der Waals surface area contributed by atoms with E-state index in [2.05, 4.69) is 17.6 Å². The van der Waals surface area contributed by atoms with Crippen LogP contribution in [0.15, 0.2) is 0 Å². The molecule has 0 radical (unpaired) electrons. The fraction of sp³-hybridized carbons (Fsp3) is 0.786. The van der Waals surface area contributed by atoms with Crippen molar-refractivity contribution in [3.8, 4) is 0 Å². The summed E-state index contributed by atoms with van der Waals surface area (Å²) in [6, 6.07) is -1.62. The summed E-state index contributed by atoms with van der Waals surface area (Å²) in [5, 5.41) is 13.9. The van der Waals surface area contributed by atoms with Gasteiger partial charge < -0.3 is 21.5 Å². The van der Waals surface area contributed by atoms with Crippen LogP contribution in [0.5, 0.6) is 0 Å². The summed E-state index contributed by atoms with van der Waals surface area (Å²) in [6.07, 6.45) is 6.62. The van der Waals surface area contributed by atoms with E-state index in [1.165, 1.54) is 19.3 Å². The van der Waals surface area contributed by atoms with E-state index < -0.39 is 23.9 Å². The first-order valence-electron chi connectivity index (χ1n) is 7.52. The molecule has 0 heterocycles. The molecule has 5 N–H and O–H groups in total. The van der Waals surface area contributed by atoms with Gasteiger partial charge in [0.05, 0.1) is 0 Å². The molecule has 0 rings (SSSR count). The Kier molecular flexibility index (Phi) is 11.0. The zero-order valence-corrected chi connectivity index (χ0v) is 12.7. The smallest absolute Gasteiger partial charge is 0.326 e. The highest BCUT2D eigenvalue weighted by Gasteiger charge is 2.20. The number of unbranched alkanes of at least 4 members (excludes halogenated alkanes) is 5.